The van der Waals surface area contributed by atoms with Crippen LogP contribution in [0.5, 0.6) is 17.2 Å². The molecule has 0 amide bonds. The van der Waals surface area contributed by atoms with Gasteiger partial charge in [-0.15, -0.1) is 0 Å². The first-order valence-electron chi connectivity index (χ1n) is 13.5. The molecule has 8 heteroatoms. The highest BCUT2D eigenvalue weighted by molar-refractivity contribution is 5.92. The molecule has 3 aromatic carbocycles. The summed E-state index contributed by atoms with van der Waals surface area (Å²) in [6.07, 6.45) is 4.94. The van der Waals surface area contributed by atoms with Gasteiger partial charge in [-0.25, -0.2) is 9.59 Å². The molecule has 0 heterocycles. The molecule has 0 bridgehead atoms. The minimum Gasteiger partial charge on any atom is -0.426 e. The van der Waals surface area contributed by atoms with E-state index in [9.17, 15) is 19.5 Å². The summed E-state index contributed by atoms with van der Waals surface area (Å²) in [7, 11) is 1.52. The van der Waals surface area contributed by atoms with Crippen LogP contribution in [0.15, 0.2) is 85.0 Å². The van der Waals surface area contributed by atoms with E-state index in [0.29, 0.717) is 11.3 Å². The van der Waals surface area contributed by atoms with Crippen molar-refractivity contribution in [3.8, 4) is 28.4 Å². The fraction of sp³-hybridized carbons (Fsp3) is 0.265. The van der Waals surface area contributed by atoms with E-state index in [-0.39, 0.29) is 23.7 Å². The molecule has 0 unspecified atom stereocenters. The standard InChI is InChI=1S/C34H36O8/c1-6-7-24-8-10-25(11-9-24)12-19-31(36)41-30-20-27(15-18-29(30)42-32(37)23(2)21-35)26-13-16-28(17-14-26)40-33(38)34(3,4)22-39-5/h8-20,35H,2,6-7,21-22H2,1,3-5H3/b19-12+. The Balaban J connectivity index is 1.83. The molecule has 0 atom stereocenters. The first kappa shape index (κ1) is 32.0. The second-order valence-electron chi connectivity index (χ2n) is 10.3. The monoisotopic (exact) mass is 572 g/mol. The molecule has 3 rings (SSSR count). The van der Waals surface area contributed by atoms with Gasteiger partial charge in [-0.2, -0.15) is 0 Å². The molecule has 0 aromatic heterocycles. The Morgan fingerprint density at radius 2 is 1.55 bits per heavy atom. The molecule has 220 valence electrons. The SMILES string of the molecule is C=C(CO)C(=O)Oc1ccc(-c2ccc(OC(=O)C(C)(C)COC)cc2)cc1OC(=O)/C=C/c1ccc(CCC)cc1. The van der Waals surface area contributed by atoms with Crippen LogP contribution < -0.4 is 14.2 Å². The lowest BCUT2D eigenvalue weighted by atomic mass is 9.95. The number of hydrogen-bond acceptors (Lipinski definition) is 8. The van der Waals surface area contributed by atoms with Gasteiger partial charge in [-0.05, 0) is 72.9 Å². The first-order chi connectivity index (χ1) is 20.1. The maximum absolute atomic E-state index is 12.7. The Labute approximate surface area is 246 Å². The van der Waals surface area contributed by atoms with E-state index in [1.165, 1.54) is 24.8 Å². The number of methoxy groups -OCH3 is 1. The number of aryl methyl sites for hydroxylation is 1. The van der Waals surface area contributed by atoms with Crippen LogP contribution in [-0.2, 0) is 25.5 Å². The molecule has 3 aromatic rings. The number of carbonyl (C=O) groups excluding carboxylic acids is 3. The summed E-state index contributed by atoms with van der Waals surface area (Å²) < 4.78 is 21.5. The summed E-state index contributed by atoms with van der Waals surface area (Å²) in [5.74, 6) is -1.62. The predicted molar refractivity (Wildman–Crippen MR) is 160 cm³/mol. The molecular formula is C34H36O8. The van der Waals surface area contributed by atoms with Crippen LogP contribution in [-0.4, -0.2) is 43.3 Å². The molecule has 1 N–H and O–H groups in total. The van der Waals surface area contributed by atoms with Crippen molar-refractivity contribution in [2.24, 2.45) is 5.41 Å². The van der Waals surface area contributed by atoms with Crippen LogP contribution in [0.4, 0.5) is 0 Å². The van der Waals surface area contributed by atoms with Crippen molar-refractivity contribution in [3.05, 3.63) is 96.1 Å². The Hall–Kier alpha value is -4.53. The molecule has 0 saturated carbocycles. The minimum atomic E-state index is -0.854. The van der Waals surface area contributed by atoms with Crippen molar-refractivity contribution in [1.29, 1.82) is 0 Å². The van der Waals surface area contributed by atoms with Gasteiger partial charge in [0.1, 0.15) is 5.75 Å². The number of rotatable bonds is 13. The lowest BCUT2D eigenvalue weighted by molar-refractivity contribution is -0.146. The largest absolute Gasteiger partial charge is 0.426 e. The highest BCUT2D eigenvalue weighted by Crippen LogP contribution is 2.34. The molecule has 8 nitrogen and oxygen atoms in total. The third kappa shape index (κ3) is 8.99. The number of esters is 3. The Kier molecular flexibility index (Phi) is 11.4. The third-order valence-electron chi connectivity index (χ3n) is 6.22. The van der Waals surface area contributed by atoms with Crippen molar-refractivity contribution < 1.29 is 38.4 Å². The van der Waals surface area contributed by atoms with Gasteiger partial charge in [0.25, 0.3) is 0 Å². The Morgan fingerprint density at radius 3 is 2.17 bits per heavy atom. The van der Waals surface area contributed by atoms with Crippen LogP contribution in [0, 0.1) is 5.41 Å². The zero-order valence-electron chi connectivity index (χ0n) is 24.3. The van der Waals surface area contributed by atoms with Crippen LogP contribution in [0.1, 0.15) is 38.3 Å². The van der Waals surface area contributed by atoms with Gasteiger partial charge in [-0.3, -0.25) is 4.79 Å². The van der Waals surface area contributed by atoms with Gasteiger partial charge in [0, 0.05) is 13.2 Å². The lowest BCUT2D eigenvalue weighted by Gasteiger charge is -2.21. The second-order valence-corrected chi connectivity index (χ2v) is 10.3. The van der Waals surface area contributed by atoms with Crippen LogP contribution in [0.25, 0.3) is 17.2 Å². The summed E-state index contributed by atoms with van der Waals surface area (Å²) in [6.45, 7) is 8.69. The molecule has 42 heavy (non-hydrogen) atoms. The number of ether oxygens (including phenoxy) is 4. The highest BCUT2D eigenvalue weighted by atomic mass is 16.6. The fourth-order valence-corrected chi connectivity index (χ4v) is 3.86. The van der Waals surface area contributed by atoms with Crippen molar-refractivity contribution in [1.82, 2.24) is 0 Å². The van der Waals surface area contributed by atoms with Gasteiger partial charge >= 0.3 is 17.9 Å². The molecule has 0 aliphatic carbocycles. The molecule has 0 spiro atoms. The molecular weight excluding hydrogens is 536 g/mol. The minimum absolute atomic E-state index is 0.00338. The van der Waals surface area contributed by atoms with E-state index >= 15 is 0 Å². The zero-order valence-corrected chi connectivity index (χ0v) is 24.3. The Bertz CT molecular complexity index is 1430. The molecule has 0 radical (unpaired) electrons. The lowest BCUT2D eigenvalue weighted by Crippen LogP contribution is -2.33. The topological polar surface area (TPSA) is 108 Å². The van der Waals surface area contributed by atoms with E-state index in [4.69, 9.17) is 18.9 Å². The maximum Gasteiger partial charge on any atom is 0.341 e. The summed E-state index contributed by atoms with van der Waals surface area (Å²) in [5, 5.41) is 9.23. The smallest absolute Gasteiger partial charge is 0.341 e. The molecule has 0 aliphatic rings. The Morgan fingerprint density at radius 1 is 0.881 bits per heavy atom. The van der Waals surface area contributed by atoms with Gasteiger partial charge in [-0.1, -0.05) is 62.4 Å². The van der Waals surface area contributed by atoms with Gasteiger partial charge < -0.3 is 24.1 Å². The molecule has 0 saturated heterocycles. The van der Waals surface area contributed by atoms with Gasteiger partial charge in [0.2, 0.25) is 0 Å². The fourth-order valence-electron chi connectivity index (χ4n) is 3.86. The van der Waals surface area contributed by atoms with E-state index in [0.717, 1.165) is 24.0 Å². The number of aliphatic hydroxyl groups is 1. The maximum atomic E-state index is 12.7. The van der Waals surface area contributed by atoms with Crippen LogP contribution in [0.2, 0.25) is 0 Å². The number of hydrogen-bond donors (Lipinski definition) is 1. The zero-order chi connectivity index (χ0) is 30.7. The van der Waals surface area contributed by atoms with E-state index in [2.05, 4.69) is 13.5 Å². The van der Waals surface area contributed by atoms with Crippen molar-refractivity contribution in [2.45, 2.75) is 33.6 Å². The van der Waals surface area contributed by atoms with Crippen molar-refractivity contribution >= 4 is 24.0 Å². The predicted octanol–water partition coefficient (Wildman–Crippen LogP) is 5.96. The van der Waals surface area contributed by atoms with Crippen molar-refractivity contribution in [2.75, 3.05) is 20.3 Å². The first-order valence-corrected chi connectivity index (χ1v) is 13.5. The van der Waals surface area contributed by atoms with Gasteiger partial charge in [0.05, 0.1) is 24.2 Å². The quantitative estimate of drug-likeness (QED) is 0.152. The number of aliphatic hydroxyl groups excluding tert-OH is 1. The van der Waals surface area contributed by atoms with Gasteiger partial charge in [0.15, 0.2) is 11.5 Å². The van der Waals surface area contributed by atoms with E-state index in [1.54, 1.807) is 56.3 Å². The van der Waals surface area contributed by atoms with E-state index in [1.807, 2.05) is 24.3 Å². The van der Waals surface area contributed by atoms with E-state index < -0.39 is 29.9 Å². The molecule has 0 aliphatic heterocycles. The summed E-state index contributed by atoms with van der Waals surface area (Å²) in [5.41, 5.74) is 2.45. The van der Waals surface area contributed by atoms with Crippen LogP contribution >= 0.6 is 0 Å². The summed E-state index contributed by atoms with van der Waals surface area (Å²) in [6, 6.07) is 19.4. The second kappa shape index (κ2) is 14.9. The average Bonchev–Trinajstić information content (AvgIpc) is 2.97. The number of benzene rings is 3. The normalized spacial score (nSPS) is 11.3. The molecule has 0 fully saturated rings. The summed E-state index contributed by atoms with van der Waals surface area (Å²) >= 11 is 0. The van der Waals surface area contributed by atoms with Crippen LogP contribution in [0.3, 0.4) is 0 Å². The highest BCUT2D eigenvalue weighted by Gasteiger charge is 2.30. The summed E-state index contributed by atoms with van der Waals surface area (Å²) in [4.78, 5) is 37.5. The number of carbonyl (C=O) groups is 3. The average molecular weight is 573 g/mol. The van der Waals surface area contributed by atoms with Crippen molar-refractivity contribution in [3.63, 3.8) is 0 Å². The third-order valence-corrected chi connectivity index (χ3v) is 6.22.